The number of hydrogen-bond acceptors (Lipinski definition) is 5. The van der Waals surface area contributed by atoms with Crippen LogP contribution < -0.4 is 5.32 Å². The van der Waals surface area contributed by atoms with Crippen molar-refractivity contribution >= 4 is 18.2 Å². The summed E-state index contributed by atoms with van der Waals surface area (Å²) in [5.74, 6) is -0.355. The Hall–Kier alpha value is -2.77. The van der Waals surface area contributed by atoms with Crippen LogP contribution in [-0.4, -0.2) is 54.4 Å². The van der Waals surface area contributed by atoms with Gasteiger partial charge in [-0.3, -0.25) is 0 Å². The minimum Gasteiger partial charge on any atom is -0.467 e. The Labute approximate surface area is 164 Å². The summed E-state index contributed by atoms with van der Waals surface area (Å²) >= 11 is 0. The minimum atomic E-state index is -0.992. The van der Waals surface area contributed by atoms with E-state index in [0.29, 0.717) is 19.3 Å². The molecular weight excluding hydrogens is 364 g/mol. The van der Waals surface area contributed by atoms with Gasteiger partial charge in [-0.2, -0.15) is 0 Å². The number of esters is 1. The molecule has 2 N–H and O–H groups in total. The maximum Gasteiger partial charge on any atom is 0.408 e. The number of amides is 2. The average molecular weight is 392 g/mol. The first kappa shape index (κ1) is 21.5. The number of benzene rings is 1. The van der Waals surface area contributed by atoms with Crippen molar-refractivity contribution < 1.29 is 29.0 Å². The number of carbonyl (C=O) groups is 3. The Morgan fingerprint density at radius 1 is 1.18 bits per heavy atom. The van der Waals surface area contributed by atoms with Gasteiger partial charge in [0.05, 0.1) is 7.11 Å². The van der Waals surface area contributed by atoms with Gasteiger partial charge in [0.15, 0.2) is 0 Å². The average Bonchev–Trinajstić information content (AvgIpc) is 2.67. The molecule has 1 atom stereocenters. The molecule has 1 aromatic carbocycles. The smallest absolute Gasteiger partial charge is 0.408 e. The van der Waals surface area contributed by atoms with E-state index in [0.717, 1.165) is 5.56 Å². The number of methoxy groups -OCH3 is 1. The first-order valence-electron chi connectivity index (χ1n) is 9.38. The zero-order valence-corrected chi connectivity index (χ0v) is 16.5. The molecule has 1 fully saturated rings. The van der Waals surface area contributed by atoms with Crippen LogP contribution in [0.1, 0.15) is 38.7 Å². The summed E-state index contributed by atoms with van der Waals surface area (Å²) in [6.07, 6.45) is -0.613. The number of nitrogens with zero attached hydrogens (tertiary/aromatic N) is 1. The van der Waals surface area contributed by atoms with Crippen molar-refractivity contribution in [2.24, 2.45) is 5.92 Å². The first-order valence-corrected chi connectivity index (χ1v) is 9.38. The lowest BCUT2D eigenvalue weighted by molar-refractivity contribution is -0.143. The number of likely N-dealkylation sites (tertiary alicyclic amines) is 1. The van der Waals surface area contributed by atoms with Gasteiger partial charge < -0.3 is 24.8 Å². The molecule has 0 spiro atoms. The lowest BCUT2D eigenvalue weighted by Gasteiger charge is -2.40. The second-order valence-corrected chi connectivity index (χ2v) is 7.37. The maximum atomic E-state index is 12.6. The Balaban J connectivity index is 2.17. The van der Waals surface area contributed by atoms with Crippen LogP contribution in [-0.2, 0) is 19.9 Å². The van der Waals surface area contributed by atoms with Gasteiger partial charge in [0.2, 0.25) is 0 Å². The van der Waals surface area contributed by atoms with E-state index in [1.807, 2.05) is 44.2 Å². The van der Waals surface area contributed by atoms with Gasteiger partial charge in [-0.25, -0.2) is 14.4 Å². The second kappa shape index (κ2) is 9.43. The quantitative estimate of drug-likeness (QED) is 0.721. The summed E-state index contributed by atoms with van der Waals surface area (Å²) in [7, 11) is 1.27. The van der Waals surface area contributed by atoms with E-state index >= 15 is 0 Å². The van der Waals surface area contributed by atoms with Crippen molar-refractivity contribution in [1.29, 1.82) is 0 Å². The van der Waals surface area contributed by atoms with Crippen molar-refractivity contribution in [3.8, 4) is 0 Å². The van der Waals surface area contributed by atoms with Crippen molar-refractivity contribution in [3.05, 3.63) is 35.9 Å². The number of carboxylic acid groups (broad SMARTS) is 1. The fraction of sp³-hybridized carbons (Fsp3) is 0.550. The van der Waals surface area contributed by atoms with E-state index in [1.165, 1.54) is 12.0 Å². The van der Waals surface area contributed by atoms with Gasteiger partial charge in [-0.15, -0.1) is 0 Å². The summed E-state index contributed by atoms with van der Waals surface area (Å²) in [6, 6.07) is 8.46. The van der Waals surface area contributed by atoms with Gasteiger partial charge in [0.1, 0.15) is 11.6 Å². The predicted molar refractivity (Wildman–Crippen MR) is 102 cm³/mol. The normalized spacial score (nSPS) is 16.9. The fourth-order valence-electron chi connectivity index (χ4n) is 3.43. The summed E-state index contributed by atoms with van der Waals surface area (Å²) in [5, 5.41) is 11.8. The molecule has 0 bridgehead atoms. The minimum absolute atomic E-state index is 0.172. The third kappa shape index (κ3) is 5.37. The molecule has 1 heterocycles. The highest BCUT2D eigenvalue weighted by Gasteiger charge is 2.41. The van der Waals surface area contributed by atoms with E-state index in [9.17, 15) is 19.5 Å². The number of nitrogens with one attached hydrogen (secondary N) is 1. The van der Waals surface area contributed by atoms with E-state index in [1.54, 1.807) is 0 Å². The molecule has 2 amide bonds. The molecule has 0 radical (unpaired) electrons. The predicted octanol–water partition coefficient (Wildman–Crippen LogP) is 2.97. The van der Waals surface area contributed by atoms with E-state index in [-0.39, 0.29) is 19.0 Å². The summed E-state index contributed by atoms with van der Waals surface area (Å²) in [6.45, 7) is 4.39. The number of carbonyl (C=O) groups excluding carboxylic acids is 2. The molecule has 8 nitrogen and oxygen atoms in total. The standard InChI is InChI=1S/C20H28N2O6/c1-14(2)13-16(17(23)27-3)21-18(24)28-20(15-7-5-4-6-8-15)9-11-22(12-10-20)19(25)26/h4-8,14,16H,9-13H2,1-3H3,(H,21,24)(H,25,26)/t16-/m0/s1. The third-order valence-corrected chi connectivity index (χ3v) is 4.91. The number of rotatable bonds is 6. The fourth-order valence-corrected chi connectivity index (χ4v) is 3.43. The molecular formula is C20H28N2O6. The van der Waals surface area contributed by atoms with Gasteiger partial charge in [0, 0.05) is 25.9 Å². The van der Waals surface area contributed by atoms with Crippen molar-refractivity contribution in [1.82, 2.24) is 10.2 Å². The monoisotopic (exact) mass is 392 g/mol. The number of hydrogen-bond donors (Lipinski definition) is 2. The first-order chi connectivity index (χ1) is 13.3. The van der Waals surface area contributed by atoms with Crippen molar-refractivity contribution in [2.45, 2.75) is 44.8 Å². The van der Waals surface area contributed by atoms with E-state index in [4.69, 9.17) is 9.47 Å². The van der Waals surface area contributed by atoms with Crippen LogP contribution in [0.4, 0.5) is 9.59 Å². The molecule has 28 heavy (non-hydrogen) atoms. The van der Waals surface area contributed by atoms with Gasteiger partial charge in [-0.05, 0) is 17.9 Å². The lowest BCUT2D eigenvalue weighted by Crippen LogP contribution is -2.50. The van der Waals surface area contributed by atoms with Crippen LogP contribution in [0.3, 0.4) is 0 Å². The SMILES string of the molecule is COC(=O)[C@H](CC(C)C)NC(=O)OC1(c2ccccc2)CCN(C(=O)O)CC1. The highest BCUT2D eigenvalue weighted by atomic mass is 16.6. The Morgan fingerprint density at radius 2 is 1.79 bits per heavy atom. The van der Waals surface area contributed by atoms with Crippen LogP contribution >= 0.6 is 0 Å². The number of ether oxygens (including phenoxy) is 2. The Morgan fingerprint density at radius 3 is 2.29 bits per heavy atom. The highest BCUT2D eigenvalue weighted by molar-refractivity contribution is 5.81. The molecule has 154 valence electrons. The van der Waals surface area contributed by atoms with Crippen LogP contribution in [0, 0.1) is 5.92 Å². The van der Waals surface area contributed by atoms with Crippen molar-refractivity contribution in [3.63, 3.8) is 0 Å². The molecule has 1 aromatic rings. The van der Waals surface area contributed by atoms with Gasteiger partial charge >= 0.3 is 18.2 Å². The molecule has 1 aliphatic heterocycles. The number of piperidine rings is 1. The molecule has 0 saturated carbocycles. The zero-order valence-electron chi connectivity index (χ0n) is 16.5. The van der Waals surface area contributed by atoms with Crippen LogP contribution in [0.25, 0.3) is 0 Å². The van der Waals surface area contributed by atoms with Crippen molar-refractivity contribution in [2.75, 3.05) is 20.2 Å². The second-order valence-electron chi connectivity index (χ2n) is 7.37. The third-order valence-electron chi connectivity index (χ3n) is 4.91. The summed E-state index contributed by atoms with van der Waals surface area (Å²) < 4.78 is 10.6. The summed E-state index contributed by atoms with van der Waals surface area (Å²) in [5.41, 5.74) is -0.149. The molecule has 2 rings (SSSR count). The maximum absolute atomic E-state index is 12.6. The Kier molecular flexibility index (Phi) is 7.25. The molecule has 1 aliphatic rings. The zero-order chi connectivity index (χ0) is 20.7. The molecule has 0 unspecified atom stereocenters. The summed E-state index contributed by atoms with van der Waals surface area (Å²) in [4.78, 5) is 37.2. The molecule has 0 aliphatic carbocycles. The molecule has 0 aromatic heterocycles. The Bertz CT molecular complexity index is 683. The number of alkyl carbamates (subject to hydrolysis) is 1. The molecule has 8 heteroatoms. The van der Waals surface area contributed by atoms with Gasteiger partial charge in [-0.1, -0.05) is 44.2 Å². The van der Waals surface area contributed by atoms with Gasteiger partial charge in [0.25, 0.3) is 0 Å². The largest absolute Gasteiger partial charge is 0.467 e. The lowest BCUT2D eigenvalue weighted by atomic mass is 9.84. The van der Waals surface area contributed by atoms with E-state index in [2.05, 4.69) is 5.32 Å². The van der Waals surface area contributed by atoms with Crippen LogP contribution in [0.5, 0.6) is 0 Å². The topological polar surface area (TPSA) is 105 Å². The van der Waals surface area contributed by atoms with Crippen LogP contribution in [0.2, 0.25) is 0 Å². The van der Waals surface area contributed by atoms with Crippen LogP contribution in [0.15, 0.2) is 30.3 Å². The molecule has 1 saturated heterocycles. The van der Waals surface area contributed by atoms with E-state index < -0.39 is 29.8 Å². The highest BCUT2D eigenvalue weighted by Crippen LogP contribution is 2.37.